The minimum absolute atomic E-state index is 0.509. The van der Waals surface area contributed by atoms with Crippen LogP contribution >= 0.6 is 11.6 Å². The second-order valence-electron chi connectivity index (χ2n) is 7.59. The van der Waals surface area contributed by atoms with Crippen molar-refractivity contribution in [2.75, 3.05) is 6.61 Å². The molecule has 0 fully saturated rings. The molecule has 36 heavy (non-hydrogen) atoms. The van der Waals surface area contributed by atoms with Crippen LogP contribution in [0.15, 0.2) is 0 Å². The molecule has 0 aromatic carbocycles. The highest BCUT2D eigenvalue weighted by molar-refractivity contribution is 6.22. The Morgan fingerprint density at radius 3 is 1.08 bits per heavy atom. The Bertz CT molecular complexity index is 834. The SMILES string of the molecule is CC(C)(CO)NC(=O)C(F)(F)C(F)(F)C(F)(F)C(F)(F)C(F)(F)C(F)(F)C(F)(F)C(F)(F)C(F)(F)Cl. The smallest absolute Gasteiger partial charge is 0.393 e. The van der Waals surface area contributed by atoms with Gasteiger partial charge in [-0.25, -0.2) is 0 Å². The molecule has 22 heteroatoms. The van der Waals surface area contributed by atoms with Gasteiger partial charge >= 0.3 is 52.8 Å². The van der Waals surface area contributed by atoms with Crippen molar-refractivity contribution in [2.45, 2.75) is 72.1 Å². The summed E-state index contributed by atoms with van der Waals surface area (Å²) in [7, 11) is 0. The minimum atomic E-state index is -8.95. The molecule has 0 rings (SSSR count). The summed E-state index contributed by atoms with van der Waals surface area (Å²) in [5.41, 5.74) is -2.44. The highest BCUT2D eigenvalue weighted by Crippen LogP contribution is 2.65. The molecule has 0 atom stereocenters. The number of aliphatic hydroxyl groups is 1. The molecule has 0 heterocycles. The van der Waals surface area contributed by atoms with Crippen molar-refractivity contribution in [1.29, 1.82) is 0 Å². The van der Waals surface area contributed by atoms with Crippen molar-refractivity contribution in [3.05, 3.63) is 0 Å². The maximum Gasteiger partial charge on any atom is 0.393 e. The van der Waals surface area contributed by atoms with Crippen molar-refractivity contribution in [1.82, 2.24) is 5.32 Å². The summed E-state index contributed by atoms with van der Waals surface area (Å²) in [6.07, 6.45) is 0. The third-order valence-corrected chi connectivity index (χ3v) is 4.49. The Morgan fingerprint density at radius 1 is 0.583 bits per heavy atom. The standard InChI is InChI=1S/C14H10ClF18NO2/c1-5(2,3-35)34-4(36)6(16,17)7(18,19)8(20,21)9(22,23)10(24,25)11(26,27)12(28,29)13(30,31)14(15,32)33/h35H,3H2,1-2H3,(H,34,36). The van der Waals surface area contributed by atoms with Gasteiger partial charge in [-0.15, -0.1) is 0 Å². The number of amides is 1. The van der Waals surface area contributed by atoms with Gasteiger partial charge in [-0.2, -0.15) is 79.0 Å². The fourth-order valence-corrected chi connectivity index (χ4v) is 2.05. The molecule has 1 amide bonds. The average molecular weight is 602 g/mol. The molecule has 0 aliphatic carbocycles. The van der Waals surface area contributed by atoms with Gasteiger partial charge in [0.1, 0.15) is 0 Å². The van der Waals surface area contributed by atoms with Crippen LogP contribution in [0.25, 0.3) is 0 Å². The van der Waals surface area contributed by atoms with Gasteiger partial charge in [-0.05, 0) is 25.4 Å². The van der Waals surface area contributed by atoms with E-state index in [4.69, 9.17) is 5.11 Å². The van der Waals surface area contributed by atoms with Crippen LogP contribution in [0, 0.1) is 0 Å². The van der Waals surface area contributed by atoms with Crippen molar-refractivity contribution in [3.63, 3.8) is 0 Å². The second-order valence-corrected chi connectivity index (χ2v) is 8.06. The Hall–Kier alpha value is -1.54. The van der Waals surface area contributed by atoms with E-state index in [9.17, 15) is 83.8 Å². The molecular formula is C14H10ClF18NO2. The van der Waals surface area contributed by atoms with Crippen LogP contribution in [0.1, 0.15) is 13.8 Å². The van der Waals surface area contributed by atoms with Gasteiger partial charge < -0.3 is 10.4 Å². The van der Waals surface area contributed by atoms with Crippen LogP contribution in [-0.2, 0) is 4.79 Å². The maximum absolute atomic E-state index is 13.7. The lowest BCUT2D eigenvalue weighted by molar-refractivity contribution is -0.456. The summed E-state index contributed by atoms with van der Waals surface area (Å²) in [6.45, 7) is -0.434. The number of aliphatic hydroxyl groups excluding tert-OH is 1. The second kappa shape index (κ2) is 8.75. The van der Waals surface area contributed by atoms with Gasteiger partial charge in [0.15, 0.2) is 0 Å². The Morgan fingerprint density at radius 2 is 0.833 bits per heavy atom. The van der Waals surface area contributed by atoms with Crippen LogP contribution in [0.5, 0.6) is 0 Å². The highest BCUT2D eigenvalue weighted by Gasteiger charge is 2.96. The molecule has 0 saturated carbocycles. The summed E-state index contributed by atoms with van der Waals surface area (Å²) < 4.78 is 240. The number of carbonyl (C=O) groups excluding carboxylic acids is 1. The molecule has 0 saturated heterocycles. The molecule has 0 aromatic heterocycles. The number of hydrogen-bond acceptors (Lipinski definition) is 2. The van der Waals surface area contributed by atoms with Gasteiger partial charge in [0.25, 0.3) is 5.91 Å². The number of alkyl halides is 19. The van der Waals surface area contributed by atoms with E-state index in [1.165, 1.54) is 0 Å². The fraction of sp³-hybridized carbons (Fsp3) is 0.929. The number of halogens is 19. The van der Waals surface area contributed by atoms with Crippen LogP contribution in [0.4, 0.5) is 79.0 Å². The normalized spacial score (nSPS) is 16.3. The van der Waals surface area contributed by atoms with Gasteiger partial charge in [0, 0.05) is 0 Å². The van der Waals surface area contributed by atoms with Crippen LogP contribution in [0.2, 0.25) is 0 Å². The third-order valence-electron chi connectivity index (χ3n) is 4.25. The molecule has 0 radical (unpaired) electrons. The van der Waals surface area contributed by atoms with E-state index in [0.29, 0.717) is 19.2 Å². The fourth-order valence-electron chi connectivity index (χ4n) is 1.93. The molecule has 0 bridgehead atoms. The van der Waals surface area contributed by atoms with E-state index in [-0.39, 0.29) is 0 Å². The topological polar surface area (TPSA) is 49.3 Å². The van der Waals surface area contributed by atoms with E-state index in [2.05, 4.69) is 11.6 Å². The summed E-state index contributed by atoms with van der Waals surface area (Å²) in [5.74, 6) is -71.1. The zero-order chi connectivity index (χ0) is 30.0. The largest absolute Gasteiger partial charge is 0.394 e. The van der Waals surface area contributed by atoms with Gasteiger partial charge in [-0.1, -0.05) is 0 Å². The Balaban J connectivity index is 6.92. The number of hydrogen-bond donors (Lipinski definition) is 2. The summed E-state index contributed by atoms with van der Waals surface area (Å²) in [4.78, 5) is 11.2. The molecule has 0 spiro atoms. The molecule has 0 aliphatic rings. The van der Waals surface area contributed by atoms with Crippen molar-refractivity contribution in [2.24, 2.45) is 0 Å². The van der Waals surface area contributed by atoms with Crippen molar-refractivity contribution >= 4 is 17.5 Å². The van der Waals surface area contributed by atoms with Crippen LogP contribution in [-0.4, -0.2) is 75.9 Å². The number of nitrogens with one attached hydrogen (secondary N) is 1. The van der Waals surface area contributed by atoms with E-state index in [1.807, 2.05) is 0 Å². The minimum Gasteiger partial charge on any atom is -0.394 e. The lowest BCUT2D eigenvalue weighted by Crippen LogP contribution is -2.76. The van der Waals surface area contributed by atoms with E-state index in [1.54, 1.807) is 0 Å². The Labute approximate surface area is 191 Å². The molecule has 216 valence electrons. The van der Waals surface area contributed by atoms with Crippen LogP contribution in [0.3, 0.4) is 0 Å². The Kier molecular flexibility index (Phi) is 8.38. The zero-order valence-electron chi connectivity index (χ0n) is 16.7. The quantitative estimate of drug-likeness (QED) is 0.233. The van der Waals surface area contributed by atoms with E-state index in [0.717, 1.165) is 0 Å². The van der Waals surface area contributed by atoms with Crippen molar-refractivity contribution < 1.29 is 88.9 Å². The first-order chi connectivity index (χ1) is 15.2. The molecular weight excluding hydrogens is 592 g/mol. The van der Waals surface area contributed by atoms with Gasteiger partial charge in [0.05, 0.1) is 12.1 Å². The summed E-state index contributed by atoms with van der Waals surface area (Å²) >= 11 is 3.34. The first-order valence-corrected chi connectivity index (χ1v) is 8.59. The van der Waals surface area contributed by atoms with E-state index >= 15 is 0 Å². The predicted molar refractivity (Wildman–Crippen MR) is 79.7 cm³/mol. The lowest BCUT2D eigenvalue weighted by atomic mass is 9.87. The molecule has 0 unspecified atom stereocenters. The average Bonchev–Trinajstić information content (AvgIpc) is 2.65. The predicted octanol–water partition coefficient (Wildman–Crippen LogP) is 5.79. The first kappa shape index (κ1) is 34.5. The summed E-state index contributed by atoms with van der Waals surface area (Å²) in [6, 6.07) is 0. The number of carbonyl (C=O) groups is 1. The lowest BCUT2D eigenvalue weighted by Gasteiger charge is -2.43. The summed E-state index contributed by atoms with van der Waals surface area (Å²) in [5, 5.41) is 2.37. The van der Waals surface area contributed by atoms with Crippen LogP contribution < -0.4 is 5.32 Å². The first-order valence-electron chi connectivity index (χ1n) is 8.21. The monoisotopic (exact) mass is 601 g/mol. The maximum atomic E-state index is 13.7. The third kappa shape index (κ3) is 4.50. The highest BCUT2D eigenvalue weighted by atomic mass is 35.5. The number of rotatable bonds is 11. The van der Waals surface area contributed by atoms with E-state index < -0.39 is 70.8 Å². The zero-order valence-corrected chi connectivity index (χ0v) is 17.5. The van der Waals surface area contributed by atoms with Crippen molar-refractivity contribution in [3.8, 4) is 0 Å². The van der Waals surface area contributed by atoms with Gasteiger partial charge in [0.2, 0.25) is 0 Å². The molecule has 0 aromatic rings. The molecule has 3 nitrogen and oxygen atoms in total. The molecule has 0 aliphatic heterocycles. The van der Waals surface area contributed by atoms with Gasteiger partial charge in [-0.3, -0.25) is 4.79 Å². The molecule has 2 N–H and O–H groups in total.